The molecule has 0 aliphatic rings. The van der Waals surface area contributed by atoms with Gasteiger partial charge in [0.05, 0.1) is 14.0 Å². The van der Waals surface area contributed by atoms with Crippen molar-refractivity contribution >= 4 is 0 Å². The van der Waals surface area contributed by atoms with E-state index in [0.29, 0.717) is 0 Å². The number of aryl methyl sites for hydroxylation is 1. The highest BCUT2D eigenvalue weighted by Crippen LogP contribution is 2.31. The van der Waals surface area contributed by atoms with Crippen LogP contribution in [0.1, 0.15) is 18.1 Å². The first-order valence-electron chi connectivity index (χ1n) is 5.24. The van der Waals surface area contributed by atoms with Gasteiger partial charge in [0, 0.05) is 10.2 Å². The first-order valence-corrected chi connectivity index (χ1v) is 2.74. The van der Waals surface area contributed by atoms with Crippen LogP contribution in [0.5, 0.6) is 5.88 Å². The van der Waals surface area contributed by atoms with Crippen LogP contribution in [-0.2, 0) is 6.18 Å². The highest BCUT2D eigenvalue weighted by molar-refractivity contribution is 5.26. The van der Waals surface area contributed by atoms with Crippen LogP contribution in [0.4, 0.5) is 13.2 Å². The summed E-state index contributed by atoms with van der Waals surface area (Å²) >= 11 is 0. The number of hydrogen-bond acceptors (Lipinski definition) is 2. The zero-order chi connectivity index (χ0) is 13.6. The molecule has 5 heteroatoms. The molecule has 0 atom stereocenters. The second-order valence-electron chi connectivity index (χ2n) is 1.91. The fraction of sp³-hybridized carbons (Fsp3) is 0.286. The van der Waals surface area contributed by atoms with E-state index in [2.05, 4.69) is 4.98 Å². The van der Waals surface area contributed by atoms with Gasteiger partial charge < -0.3 is 5.11 Å². The highest BCUT2D eigenvalue weighted by Gasteiger charge is 2.32. The Bertz CT molecular complexity index is 456. The van der Waals surface area contributed by atoms with Gasteiger partial charge in [-0.1, -0.05) is 0 Å². The maximum atomic E-state index is 12.6. The monoisotopic (exact) mass is 182 g/mol. The minimum absolute atomic E-state index is 1.16. The number of pyridine rings is 1. The summed E-state index contributed by atoms with van der Waals surface area (Å²) in [4.78, 5) is 2.84. The summed E-state index contributed by atoms with van der Waals surface area (Å²) in [5.41, 5.74) is -3.25. The number of aromatic hydroxyl groups is 1. The molecule has 1 aromatic rings. The van der Waals surface area contributed by atoms with E-state index in [9.17, 15) is 13.2 Å². The van der Waals surface area contributed by atoms with Crippen LogP contribution in [0.15, 0.2) is 12.1 Å². The third kappa shape index (κ3) is 1.66. The minimum Gasteiger partial charge on any atom is -0.493 e. The molecule has 1 heterocycles. The van der Waals surface area contributed by atoms with Gasteiger partial charge in [0.1, 0.15) is 0 Å². The maximum absolute atomic E-state index is 12.6. The molecule has 0 bridgehead atoms. The van der Waals surface area contributed by atoms with Crippen molar-refractivity contribution < 1.29 is 25.1 Å². The van der Waals surface area contributed by atoms with Crippen LogP contribution in [0.25, 0.3) is 0 Å². The quantitative estimate of drug-likeness (QED) is 0.666. The molecule has 2 nitrogen and oxygen atoms in total. The van der Waals surface area contributed by atoms with E-state index < -0.39 is 42.3 Å². The van der Waals surface area contributed by atoms with Crippen molar-refractivity contribution in [3.8, 4) is 5.88 Å². The van der Waals surface area contributed by atoms with Crippen molar-refractivity contribution in [2.75, 3.05) is 0 Å². The number of hydrogen-bond donors (Lipinski definition) is 1. The molecule has 0 aromatic carbocycles. The predicted octanol–water partition coefficient (Wildman–Crippen LogP) is 2.11. The molecule has 1 aromatic heterocycles. The van der Waals surface area contributed by atoms with E-state index in [0.717, 1.165) is 0 Å². The summed E-state index contributed by atoms with van der Waals surface area (Å²) in [5, 5.41) is 9.00. The molecule has 1 rings (SSSR count). The Labute approximate surface area is 73.7 Å². The Kier molecular flexibility index (Phi) is 0.910. The van der Waals surface area contributed by atoms with E-state index in [1.54, 1.807) is 0 Å². The van der Waals surface area contributed by atoms with Crippen LogP contribution in [0, 0.1) is 6.85 Å². The van der Waals surface area contributed by atoms with Gasteiger partial charge >= 0.3 is 6.18 Å². The van der Waals surface area contributed by atoms with Crippen LogP contribution in [0.3, 0.4) is 0 Å². The fourth-order valence-electron chi connectivity index (χ4n) is 0.572. The van der Waals surface area contributed by atoms with Crippen molar-refractivity contribution in [2.45, 2.75) is 13.0 Å². The van der Waals surface area contributed by atoms with Gasteiger partial charge in [0.25, 0.3) is 0 Å². The number of aromatic nitrogens is 1. The molecule has 0 fully saturated rings. The summed E-state index contributed by atoms with van der Waals surface area (Å²) in [7, 11) is 0. The predicted molar refractivity (Wildman–Crippen MR) is 35.6 cm³/mol. The second-order valence-corrected chi connectivity index (χ2v) is 1.91. The minimum atomic E-state index is -5.13. The lowest BCUT2D eigenvalue weighted by Crippen LogP contribution is -2.08. The first-order chi connectivity index (χ1) is 7.46. The first kappa shape index (κ1) is 4.11. The molecular weight excluding hydrogens is 171 g/mol. The fourth-order valence-corrected chi connectivity index (χ4v) is 0.572. The maximum Gasteiger partial charge on any atom is 0.418 e. The van der Waals surface area contributed by atoms with Gasteiger partial charge in [-0.15, -0.1) is 0 Å². The Morgan fingerprint density at radius 3 is 2.75 bits per heavy atom. The standard InChI is InChI=1S/C7H6F3NO/c1-4-5(7(8,9)10)2-3-6(12)11-4/h2-3H,1H3,(H,11,12)/i1D3,2D,3D. The Hall–Kier alpha value is -1.26. The summed E-state index contributed by atoms with van der Waals surface area (Å²) < 4.78 is 72.4. The molecule has 0 radical (unpaired) electrons. The van der Waals surface area contributed by atoms with Crippen LogP contribution >= 0.6 is 0 Å². The van der Waals surface area contributed by atoms with E-state index in [1.807, 2.05) is 0 Å². The lowest BCUT2D eigenvalue weighted by atomic mass is 10.2. The summed E-state index contributed by atoms with van der Waals surface area (Å²) in [5.74, 6) is -1.21. The lowest BCUT2D eigenvalue weighted by molar-refractivity contribution is -0.138. The molecule has 0 aliphatic heterocycles. The normalized spacial score (nSPS) is 18.8. The van der Waals surface area contributed by atoms with Crippen LogP contribution in [-0.4, -0.2) is 10.1 Å². The molecule has 0 saturated heterocycles. The zero-order valence-corrected chi connectivity index (χ0v) is 5.53. The Morgan fingerprint density at radius 2 is 2.25 bits per heavy atom. The topological polar surface area (TPSA) is 33.1 Å². The van der Waals surface area contributed by atoms with E-state index in [1.165, 1.54) is 0 Å². The van der Waals surface area contributed by atoms with Gasteiger partial charge in [-0.25, -0.2) is 4.98 Å². The Morgan fingerprint density at radius 1 is 1.58 bits per heavy atom. The van der Waals surface area contributed by atoms with Crippen molar-refractivity contribution in [2.24, 2.45) is 0 Å². The van der Waals surface area contributed by atoms with Crippen LogP contribution in [0.2, 0.25) is 0 Å². The third-order valence-electron chi connectivity index (χ3n) is 1.04. The lowest BCUT2D eigenvalue weighted by Gasteiger charge is -2.08. The number of rotatable bonds is 0. The van der Waals surface area contributed by atoms with Gasteiger partial charge in [-0.2, -0.15) is 13.2 Å². The number of nitrogens with zero attached hydrogens (tertiary/aromatic N) is 1. The van der Waals surface area contributed by atoms with Gasteiger partial charge in [-0.3, -0.25) is 0 Å². The third-order valence-corrected chi connectivity index (χ3v) is 1.04. The zero-order valence-electron chi connectivity index (χ0n) is 10.5. The molecule has 0 saturated carbocycles. The summed E-state index contributed by atoms with van der Waals surface area (Å²) in [6.45, 7) is -3.23. The smallest absolute Gasteiger partial charge is 0.418 e. The SMILES string of the molecule is [2H]c1c(O)nc(C([2H])([2H])[2H])c(C(F)(F)F)c1[2H]. The van der Waals surface area contributed by atoms with Gasteiger partial charge in [-0.05, 0) is 12.9 Å². The summed E-state index contributed by atoms with van der Waals surface area (Å²) in [6, 6.07) is -2.57. The molecule has 0 spiro atoms. The molecule has 66 valence electrons. The van der Waals surface area contributed by atoms with Crippen LogP contribution < -0.4 is 0 Å². The molecule has 0 amide bonds. The highest BCUT2D eigenvalue weighted by atomic mass is 19.4. The second kappa shape index (κ2) is 2.66. The van der Waals surface area contributed by atoms with Crippen molar-refractivity contribution in [3.05, 3.63) is 23.3 Å². The molecule has 1 N–H and O–H groups in total. The van der Waals surface area contributed by atoms with Crippen molar-refractivity contribution in [1.82, 2.24) is 4.98 Å². The van der Waals surface area contributed by atoms with E-state index in [4.69, 9.17) is 12.0 Å². The largest absolute Gasteiger partial charge is 0.493 e. The van der Waals surface area contributed by atoms with Crippen molar-refractivity contribution in [3.63, 3.8) is 0 Å². The molecule has 12 heavy (non-hydrogen) atoms. The van der Waals surface area contributed by atoms with Gasteiger partial charge in [0.2, 0.25) is 5.88 Å². The number of alkyl halides is 3. The molecule has 0 unspecified atom stereocenters. The number of halogens is 3. The van der Waals surface area contributed by atoms with Crippen molar-refractivity contribution in [1.29, 1.82) is 0 Å². The Balaban J connectivity index is 3.71. The average Bonchev–Trinajstić information content (AvgIpc) is 2.09. The molecular formula is C7H6F3NO. The molecule has 0 aliphatic carbocycles. The van der Waals surface area contributed by atoms with Gasteiger partial charge in [0.15, 0.2) is 0 Å². The average molecular weight is 182 g/mol. The van der Waals surface area contributed by atoms with E-state index >= 15 is 0 Å². The van der Waals surface area contributed by atoms with E-state index in [-0.39, 0.29) is 0 Å². The summed E-state index contributed by atoms with van der Waals surface area (Å²) in [6.07, 6.45) is -5.13.